The van der Waals surface area contributed by atoms with E-state index in [1.807, 2.05) is 36.4 Å². The second-order valence-corrected chi connectivity index (χ2v) is 15.1. The van der Waals surface area contributed by atoms with E-state index in [-0.39, 0.29) is 0 Å². The monoisotopic (exact) mass is 773 g/mol. The zero-order valence-corrected chi connectivity index (χ0v) is 31.7. The van der Waals surface area contributed by atoms with Crippen molar-refractivity contribution in [3.05, 3.63) is 220 Å². The van der Waals surface area contributed by atoms with E-state index in [0.717, 1.165) is 52.4 Å². The fraction of sp³-hybridized carbons (Fsp3) is 0.0588. The molecule has 9 aromatic rings. The van der Waals surface area contributed by atoms with Crippen molar-refractivity contribution < 1.29 is 9.47 Å². The highest BCUT2D eigenvalue weighted by atomic mass is 79.9. The van der Waals surface area contributed by atoms with Crippen LogP contribution in [0.1, 0.15) is 33.4 Å². The molecule has 0 unspecified atom stereocenters. The molecule has 3 heterocycles. The van der Waals surface area contributed by atoms with Gasteiger partial charge in [0.15, 0.2) is 0 Å². The number of hydrogen-bond donors (Lipinski definition) is 0. The van der Waals surface area contributed by atoms with Crippen molar-refractivity contribution in [1.82, 2.24) is 4.57 Å². The van der Waals surface area contributed by atoms with E-state index in [2.05, 4.69) is 166 Å². The Balaban J connectivity index is 0.000000112. The first-order chi connectivity index (χ1) is 27.2. The first-order valence-corrected chi connectivity index (χ1v) is 19.5. The Hall–Kier alpha value is -6.36. The Bertz CT molecular complexity index is 2790. The lowest BCUT2D eigenvalue weighted by Gasteiger charge is -2.21. The topological polar surface area (TPSA) is 23.4 Å². The Labute approximate surface area is 329 Å². The summed E-state index contributed by atoms with van der Waals surface area (Å²) < 4.78 is 15.4. The van der Waals surface area contributed by atoms with Crippen LogP contribution in [-0.4, -0.2) is 4.57 Å². The minimum Gasteiger partial charge on any atom is -0.457 e. The lowest BCUT2D eigenvalue weighted by atomic mass is 10.00. The molecule has 2 aliphatic heterocycles. The Kier molecular flexibility index (Phi) is 8.54. The summed E-state index contributed by atoms with van der Waals surface area (Å²) in [5, 5.41) is 2.55. The van der Waals surface area contributed by atoms with Crippen LogP contribution in [0.5, 0.6) is 23.0 Å². The summed E-state index contributed by atoms with van der Waals surface area (Å²) in [5.74, 6) is 3.85. The molecule has 12 rings (SSSR count). The van der Waals surface area contributed by atoms with Crippen molar-refractivity contribution in [2.45, 2.75) is 19.3 Å². The molecule has 1 aliphatic carbocycles. The number of benzene rings is 8. The highest BCUT2D eigenvalue weighted by Gasteiger charge is 2.20. The molecular formula is C51H36BrNO2. The molecule has 0 amide bonds. The first kappa shape index (κ1) is 33.2. The van der Waals surface area contributed by atoms with Gasteiger partial charge in [-0.05, 0) is 93.4 Å². The summed E-state index contributed by atoms with van der Waals surface area (Å²) in [5.41, 5.74) is 14.3. The Morgan fingerprint density at radius 3 is 1.36 bits per heavy atom. The Morgan fingerprint density at radius 1 is 0.364 bits per heavy atom. The second kappa shape index (κ2) is 14.1. The molecule has 1 aromatic heterocycles. The van der Waals surface area contributed by atoms with Gasteiger partial charge >= 0.3 is 0 Å². The molecule has 8 aromatic carbocycles. The van der Waals surface area contributed by atoms with Crippen LogP contribution in [0.15, 0.2) is 186 Å². The third-order valence-corrected chi connectivity index (χ3v) is 11.3. The normalized spacial score (nSPS) is 12.5. The average Bonchev–Trinajstić information content (AvgIpc) is 3.78. The SMILES string of the molecule is Brc1ccc2c(c1)Oc1ccccc1C2.c1ccc2c(c1)Cc1ccc(-n3c4ccccc4c4ccccc43)cc1O2.c1ccc2c(c1)Cc1ccccc1-2. The van der Waals surface area contributed by atoms with Crippen molar-refractivity contribution in [3.8, 4) is 39.8 Å². The van der Waals surface area contributed by atoms with Gasteiger partial charge in [0.25, 0.3) is 0 Å². The smallest absolute Gasteiger partial charge is 0.133 e. The molecule has 4 heteroatoms. The molecule has 3 nitrogen and oxygen atoms in total. The van der Waals surface area contributed by atoms with Crippen molar-refractivity contribution in [2.75, 3.05) is 0 Å². The van der Waals surface area contributed by atoms with Crippen LogP contribution in [-0.2, 0) is 19.3 Å². The summed E-state index contributed by atoms with van der Waals surface area (Å²) in [6.07, 6.45) is 2.98. The fourth-order valence-corrected chi connectivity index (χ4v) is 8.46. The molecule has 3 aliphatic rings. The standard InChI is InChI=1S/C25H17NO.C13H9BrO.C13H10/c1-6-12-24-17(7-1)15-18-13-14-19(16-25(18)27-24)26-22-10-4-2-8-20(22)21-9-3-5-11-23(21)26;14-11-6-5-10-7-9-3-1-2-4-12(9)15-13(10)8-11;1-3-7-12-10(5-1)9-11-6-2-4-8-13(11)12/h1-14,16H,15H2;1-6,8H,7H2;1-8H,9H2. The van der Waals surface area contributed by atoms with Crippen LogP contribution in [0.4, 0.5) is 0 Å². The third-order valence-electron chi connectivity index (χ3n) is 10.8. The van der Waals surface area contributed by atoms with Gasteiger partial charge in [-0.25, -0.2) is 0 Å². The number of rotatable bonds is 1. The highest BCUT2D eigenvalue weighted by Crippen LogP contribution is 2.40. The number of para-hydroxylation sites is 4. The zero-order chi connectivity index (χ0) is 36.7. The van der Waals surface area contributed by atoms with E-state index >= 15 is 0 Å². The van der Waals surface area contributed by atoms with Gasteiger partial charge in [0.2, 0.25) is 0 Å². The molecular weight excluding hydrogens is 738 g/mol. The van der Waals surface area contributed by atoms with Gasteiger partial charge in [0, 0.05) is 39.8 Å². The minimum absolute atomic E-state index is 0.916. The van der Waals surface area contributed by atoms with Gasteiger partial charge in [-0.15, -0.1) is 0 Å². The van der Waals surface area contributed by atoms with Gasteiger partial charge < -0.3 is 14.0 Å². The number of halogens is 1. The molecule has 0 N–H and O–H groups in total. The molecule has 55 heavy (non-hydrogen) atoms. The lowest BCUT2D eigenvalue weighted by Crippen LogP contribution is -2.04. The fourth-order valence-electron chi connectivity index (χ4n) is 8.12. The molecule has 0 spiro atoms. The van der Waals surface area contributed by atoms with Crippen LogP contribution in [0.3, 0.4) is 0 Å². The minimum atomic E-state index is 0.916. The lowest BCUT2D eigenvalue weighted by molar-refractivity contribution is 0.459. The van der Waals surface area contributed by atoms with E-state index in [0.29, 0.717) is 0 Å². The first-order valence-electron chi connectivity index (χ1n) is 18.7. The van der Waals surface area contributed by atoms with E-state index < -0.39 is 0 Å². The van der Waals surface area contributed by atoms with E-state index in [1.165, 1.54) is 66.3 Å². The van der Waals surface area contributed by atoms with Gasteiger partial charge in [-0.1, -0.05) is 149 Å². The predicted molar refractivity (Wildman–Crippen MR) is 228 cm³/mol. The maximum absolute atomic E-state index is 6.23. The number of aromatic nitrogens is 1. The van der Waals surface area contributed by atoms with Crippen LogP contribution >= 0.6 is 15.9 Å². The van der Waals surface area contributed by atoms with E-state index in [4.69, 9.17) is 9.47 Å². The summed E-state index contributed by atoms with van der Waals surface area (Å²) in [7, 11) is 0. The largest absolute Gasteiger partial charge is 0.457 e. The summed E-state index contributed by atoms with van der Waals surface area (Å²) in [4.78, 5) is 0. The maximum atomic E-state index is 6.23. The molecule has 0 radical (unpaired) electrons. The van der Waals surface area contributed by atoms with Gasteiger partial charge in [0.05, 0.1) is 11.0 Å². The van der Waals surface area contributed by atoms with Gasteiger partial charge in [-0.2, -0.15) is 0 Å². The average molecular weight is 775 g/mol. The number of fused-ring (bicyclic) bond motifs is 10. The zero-order valence-electron chi connectivity index (χ0n) is 30.1. The number of nitrogens with zero attached hydrogens (tertiary/aromatic N) is 1. The van der Waals surface area contributed by atoms with Crippen LogP contribution in [0.25, 0.3) is 38.6 Å². The van der Waals surface area contributed by atoms with Crippen LogP contribution < -0.4 is 9.47 Å². The van der Waals surface area contributed by atoms with Gasteiger partial charge in [0.1, 0.15) is 23.0 Å². The third kappa shape index (κ3) is 6.29. The van der Waals surface area contributed by atoms with Crippen molar-refractivity contribution in [2.24, 2.45) is 0 Å². The molecule has 0 saturated carbocycles. The summed E-state index contributed by atoms with van der Waals surface area (Å²) >= 11 is 3.45. The van der Waals surface area contributed by atoms with Crippen molar-refractivity contribution in [1.29, 1.82) is 0 Å². The number of ether oxygens (including phenoxy) is 2. The Morgan fingerprint density at radius 2 is 0.782 bits per heavy atom. The molecule has 0 bridgehead atoms. The summed E-state index contributed by atoms with van der Waals surface area (Å²) in [6.45, 7) is 0. The summed E-state index contributed by atoms with van der Waals surface area (Å²) in [6, 6.07) is 63.7. The van der Waals surface area contributed by atoms with E-state index in [9.17, 15) is 0 Å². The van der Waals surface area contributed by atoms with Crippen LogP contribution in [0.2, 0.25) is 0 Å². The number of hydrogen-bond acceptors (Lipinski definition) is 2. The molecule has 0 atom stereocenters. The van der Waals surface area contributed by atoms with E-state index in [1.54, 1.807) is 0 Å². The molecule has 0 fully saturated rings. The quantitative estimate of drug-likeness (QED) is 0.166. The van der Waals surface area contributed by atoms with Crippen molar-refractivity contribution in [3.63, 3.8) is 0 Å². The van der Waals surface area contributed by atoms with Crippen molar-refractivity contribution >= 4 is 37.7 Å². The predicted octanol–water partition coefficient (Wildman–Crippen LogP) is 13.9. The second-order valence-electron chi connectivity index (χ2n) is 14.2. The van der Waals surface area contributed by atoms with Gasteiger partial charge in [-0.3, -0.25) is 0 Å². The highest BCUT2D eigenvalue weighted by molar-refractivity contribution is 9.10. The molecule has 264 valence electrons. The molecule has 0 saturated heterocycles. The maximum Gasteiger partial charge on any atom is 0.133 e. The van der Waals surface area contributed by atoms with Crippen LogP contribution in [0, 0.1) is 0 Å².